The van der Waals surface area contributed by atoms with E-state index in [9.17, 15) is 4.79 Å². The lowest BCUT2D eigenvalue weighted by Gasteiger charge is -2.31. The maximum absolute atomic E-state index is 13.5. The van der Waals surface area contributed by atoms with Crippen molar-refractivity contribution in [2.45, 2.75) is 44.7 Å². The second kappa shape index (κ2) is 8.49. The maximum atomic E-state index is 13.5. The lowest BCUT2D eigenvalue weighted by atomic mass is 9.95. The van der Waals surface area contributed by atoms with Crippen LogP contribution in [0.1, 0.15) is 47.2 Å². The molecule has 6 heteroatoms. The zero-order valence-electron chi connectivity index (χ0n) is 19.8. The number of rotatable bonds is 5. The molecule has 1 unspecified atom stereocenters. The number of fused-ring (bicyclic) bond motifs is 4. The van der Waals surface area contributed by atoms with Crippen molar-refractivity contribution in [3.8, 4) is 11.5 Å². The first-order valence-corrected chi connectivity index (χ1v) is 12.3. The minimum atomic E-state index is 0.0289. The normalized spacial score (nSPS) is 23.1. The van der Waals surface area contributed by atoms with Gasteiger partial charge in [-0.15, -0.1) is 0 Å². The molecule has 6 rings (SSSR count). The van der Waals surface area contributed by atoms with Gasteiger partial charge in [0, 0.05) is 24.5 Å². The molecule has 2 bridgehead atoms. The Hall–Kier alpha value is -3.28. The van der Waals surface area contributed by atoms with Crippen LogP contribution in [0.5, 0.6) is 11.5 Å². The third-order valence-corrected chi connectivity index (χ3v) is 8.04. The highest BCUT2D eigenvalue weighted by Gasteiger charge is 2.40. The lowest BCUT2D eigenvalue weighted by Crippen LogP contribution is -2.38. The van der Waals surface area contributed by atoms with Gasteiger partial charge in [-0.1, -0.05) is 24.6 Å². The van der Waals surface area contributed by atoms with Crippen molar-refractivity contribution in [1.29, 1.82) is 0 Å². The molecule has 3 aromatic rings. The summed E-state index contributed by atoms with van der Waals surface area (Å²) in [5, 5.41) is 4.29. The highest BCUT2D eigenvalue weighted by Crippen LogP contribution is 2.44. The molecule has 0 saturated heterocycles. The van der Waals surface area contributed by atoms with Crippen LogP contribution in [-0.2, 0) is 13.0 Å². The molecule has 1 amide bonds. The zero-order valence-corrected chi connectivity index (χ0v) is 19.8. The fraction of sp³-hybridized carbons (Fsp3) is 0.429. The van der Waals surface area contributed by atoms with Crippen molar-refractivity contribution in [3.63, 3.8) is 0 Å². The molecular formula is C28H31N3O3. The van der Waals surface area contributed by atoms with Crippen LogP contribution in [0.3, 0.4) is 0 Å². The average molecular weight is 458 g/mol. The number of nitrogens with zero attached hydrogens (tertiary/aromatic N) is 2. The number of carbonyl (C=O) groups is 1. The van der Waals surface area contributed by atoms with E-state index >= 15 is 0 Å². The van der Waals surface area contributed by atoms with Gasteiger partial charge in [0.25, 0.3) is 5.91 Å². The number of ether oxygens (including phenoxy) is 2. The largest absolute Gasteiger partial charge is 0.493 e. The molecule has 2 heterocycles. The number of hydrogen-bond acceptors (Lipinski definition) is 5. The number of methoxy groups -OCH3 is 2. The van der Waals surface area contributed by atoms with Gasteiger partial charge in [0.2, 0.25) is 0 Å². The number of aromatic nitrogens is 1. The van der Waals surface area contributed by atoms with Crippen molar-refractivity contribution in [3.05, 3.63) is 59.2 Å². The highest BCUT2D eigenvalue weighted by molar-refractivity contribution is 6.07. The van der Waals surface area contributed by atoms with E-state index in [0.717, 1.165) is 59.1 Å². The fourth-order valence-electron chi connectivity index (χ4n) is 6.26. The van der Waals surface area contributed by atoms with E-state index in [1.54, 1.807) is 14.2 Å². The molecule has 3 aliphatic rings. The molecule has 0 spiro atoms. The average Bonchev–Trinajstić information content (AvgIpc) is 3.50. The second-order valence-electron chi connectivity index (χ2n) is 9.95. The molecule has 0 radical (unpaired) electrons. The summed E-state index contributed by atoms with van der Waals surface area (Å²) < 4.78 is 11.0. The Kier molecular flexibility index (Phi) is 5.31. The van der Waals surface area contributed by atoms with E-state index in [4.69, 9.17) is 14.5 Å². The number of hydrogen-bond donors (Lipinski definition) is 1. The molecule has 2 fully saturated rings. The van der Waals surface area contributed by atoms with Gasteiger partial charge in [-0.3, -0.25) is 4.79 Å². The molecule has 1 aliphatic heterocycles. The fourth-order valence-corrected chi connectivity index (χ4v) is 6.26. The van der Waals surface area contributed by atoms with Crippen LogP contribution in [0, 0.1) is 11.8 Å². The van der Waals surface area contributed by atoms with Crippen LogP contribution in [0.15, 0.2) is 42.5 Å². The zero-order chi connectivity index (χ0) is 23.2. The quantitative estimate of drug-likeness (QED) is 0.600. The Balaban J connectivity index is 1.32. The molecule has 1 N–H and O–H groups in total. The van der Waals surface area contributed by atoms with Crippen molar-refractivity contribution >= 4 is 22.6 Å². The number of benzene rings is 2. The molecule has 3 atom stereocenters. The van der Waals surface area contributed by atoms with Crippen molar-refractivity contribution in [2.24, 2.45) is 11.8 Å². The van der Waals surface area contributed by atoms with Crippen LogP contribution in [0.2, 0.25) is 0 Å². The minimum Gasteiger partial charge on any atom is -0.493 e. The predicted octanol–water partition coefficient (Wildman–Crippen LogP) is 4.73. The molecule has 34 heavy (non-hydrogen) atoms. The first kappa shape index (κ1) is 21.3. The summed E-state index contributed by atoms with van der Waals surface area (Å²) in [6, 6.07) is 14.4. The van der Waals surface area contributed by atoms with Gasteiger partial charge < -0.3 is 19.7 Å². The van der Waals surface area contributed by atoms with Gasteiger partial charge >= 0.3 is 0 Å². The SMILES string of the molecule is COc1cc2c(cc1OC)CN(c1cc(C(=O)NC3C[C@H]4CC[C@@H]3C4)c3ccccc3n1)CC2. The number of amides is 1. The number of para-hydroxylation sites is 1. The Morgan fingerprint density at radius 1 is 1.03 bits per heavy atom. The Morgan fingerprint density at radius 3 is 2.56 bits per heavy atom. The minimum absolute atomic E-state index is 0.0289. The van der Waals surface area contributed by atoms with E-state index in [1.165, 1.54) is 30.4 Å². The molecule has 6 nitrogen and oxygen atoms in total. The number of anilines is 1. The lowest BCUT2D eigenvalue weighted by molar-refractivity contribution is 0.0924. The molecule has 2 saturated carbocycles. The Bertz CT molecular complexity index is 1260. The second-order valence-corrected chi connectivity index (χ2v) is 9.95. The van der Waals surface area contributed by atoms with Crippen LogP contribution in [0.4, 0.5) is 5.82 Å². The third-order valence-electron chi connectivity index (χ3n) is 8.04. The molecule has 176 valence electrons. The molecule has 1 aromatic heterocycles. The molecular weight excluding hydrogens is 426 g/mol. The maximum Gasteiger partial charge on any atom is 0.252 e. The summed E-state index contributed by atoms with van der Waals surface area (Å²) in [4.78, 5) is 20.7. The Labute approximate surface area is 200 Å². The van der Waals surface area contributed by atoms with Crippen molar-refractivity contribution in [2.75, 3.05) is 25.7 Å². The van der Waals surface area contributed by atoms with Crippen molar-refractivity contribution in [1.82, 2.24) is 10.3 Å². The predicted molar refractivity (Wildman–Crippen MR) is 133 cm³/mol. The van der Waals surface area contributed by atoms with Crippen molar-refractivity contribution < 1.29 is 14.3 Å². The topological polar surface area (TPSA) is 63.7 Å². The standard InChI is InChI=1S/C28H31N3O3/c1-33-25-13-18-9-10-31(16-20(18)14-26(25)34-2)27-15-22(21-5-3-4-6-23(21)29-27)28(32)30-24-12-17-7-8-19(24)11-17/h3-6,13-15,17,19,24H,7-12,16H2,1-2H3,(H,30,32)/t17-,19+,24?/m0/s1. The van der Waals surface area contributed by atoms with Crippen LogP contribution in [-0.4, -0.2) is 37.7 Å². The summed E-state index contributed by atoms with van der Waals surface area (Å²) in [7, 11) is 3.33. The van der Waals surface area contributed by atoms with Gasteiger partial charge in [0.05, 0.1) is 25.3 Å². The summed E-state index contributed by atoms with van der Waals surface area (Å²) in [5.41, 5.74) is 4.05. The highest BCUT2D eigenvalue weighted by atomic mass is 16.5. The summed E-state index contributed by atoms with van der Waals surface area (Å²) in [6.45, 7) is 1.55. The van der Waals surface area contributed by atoms with E-state index in [2.05, 4.69) is 22.3 Å². The number of nitrogens with one attached hydrogen (secondary N) is 1. The first-order chi connectivity index (χ1) is 16.6. The van der Waals surface area contributed by atoms with E-state index in [-0.39, 0.29) is 5.91 Å². The van der Waals surface area contributed by atoms with Crippen LogP contribution >= 0.6 is 0 Å². The van der Waals surface area contributed by atoms with Gasteiger partial charge in [-0.05, 0) is 72.9 Å². The number of carbonyl (C=O) groups excluding carboxylic acids is 1. The molecule has 2 aromatic carbocycles. The summed E-state index contributed by atoms with van der Waals surface area (Å²) in [6.07, 6.45) is 5.86. The Morgan fingerprint density at radius 2 is 1.82 bits per heavy atom. The summed E-state index contributed by atoms with van der Waals surface area (Å²) in [5.74, 6) is 3.81. The smallest absolute Gasteiger partial charge is 0.252 e. The number of pyridine rings is 1. The first-order valence-electron chi connectivity index (χ1n) is 12.3. The van der Waals surface area contributed by atoms with Gasteiger partial charge in [0.1, 0.15) is 5.82 Å². The summed E-state index contributed by atoms with van der Waals surface area (Å²) >= 11 is 0. The van der Waals surface area contributed by atoms with Gasteiger partial charge in [-0.25, -0.2) is 4.98 Å². The van der Waals surface area contributed by atoms with E-state index in [0.29, 0.717) is 18.5 Å². The molecule has 2 aliphatic carbocycles. The van der Waals surface area contributed by atoms with Crippen LogP contribution in [0.25, 0.3) is 10.9 Å². The van der Waals surface area contributed by atoms with E-state index < -0.39 is 0 Å². The van der Waals surface area contributed by atoms with Gasteiger partial charge in [0.15, 0.2) is 11.5 Å². The third kappa shape index (κ3) is 3.65. The van der Waals surface area contributed by atoms with Gasteiger partial charge in [-0.2, -0.15) is 0 Å². The van der Waals surface area contributed by atoms with E-state index in [1.807, 2.05) is 30.3 Å². The monoisotopic (exact) mass is 457 g/mol. The van der Waals surface area contributed by atoms with Crippen LogP contribution < -0.4 is 19.7 Å².